The molecule has 0 aliphatic carbocycles. The van der Waals surface area contributed by atoms with Crippen LogP contribution >= 0.6 is 25.8 Å². The van der Waals surface area contributed by atoms with E-state index in [2.05, 4.69) is 47.5 Å². The average molecular weight is 795 g/mol. The first kappa shape index (κ1) is 36.3. The van der Waals surface area contributed by atoms with Gasteiger partial charge in [0.2, 0.25) is 0 Å². The van der Waals surface area contributed by atoms with Crippen LogP contribution in [0, 0.1) is 0 Å². The van der Waals surface area contributed by atoms with Crippen LogP contribution in [0.4, 0.5) is 25.2 Å². The number of carbonyl (C=O) groups is 1. The maximum absolute atomic E-state index is 16.3. The quantitative estimate of drug-likeness (QED) is 0.124. The maximum atomic E-state index is 16.3. The van der Waals surface area contributed by atoms with Crippen LogP contribution in [-0.2, 0) is 48.7 Å². The Morgan fingerprint density at radius 2 is 1.59 bits per heavy atom. The highest BCUT2D eigenvalue weighted by atomic mass is 32.7. The van der Waals surface area contributed by atoms with Gasteiger partial charge in [0.25, 0.3) is 0 Å². The lowest BCUT2D eigenvalue weighted by Crippen LogP contribution is -2.37. The fourth-order valence-corrected chi connectivity index (χ4v) is 8.61. The van der Waals surface area contributed by atoms with Crippen molar-refractivity contribution in [2.45, 2.75) is 69.0 Å². The zero-order valence-electron chi connectivity index (χ0n) is 26.2. The molecule has 4 aromatic rings. The van der Waals surface area contributed by atoms with E-state index in [0.717, 1.165) is 19.1 Å². The third-order valence-electron chi connectivity index (χ3n) is 8.09. The van der Waals surface area contributed by atoms with Gasteiger partial charge < -0.3 is 29.4 Å². The van der Waals surface area contributed by atoms with E-state index in [1.54, 1.807) is 0 Å². The number of nitrogens with one attached hydrogen (secondary N) is 1. The number of thiol groups is 1. The molecule has 4 aromatic heterocycles. The average Bonchev–Trinajstić information content (AvgIpc) is 3.85. The van der Waals surface area contributed by atoms with Crippen LogP contribution in [0.5, 0.6) is 0 Å². The molecule has 20 nitrogen and oxygen atoms in total. The SMILES string of the molecule is CCCCOC(=O)Nc1ncnc2c1ncn2[C@@H]1O[C@@H]2COP(O)(=S)O[C@H]3[C@@H](F)[C@H](n4cnc5c(N)ncnc54)O[C@@H]3COP(=O)(S)O[C@H]2[C@H]1F. The molecule has 3 aliphatic heterocycles. The summed E-state index contributed by atoms with van der Waals surface area (Å²) in [6.45, 7) is -7.95. The van der Waals surface area contributed by atoms with Gasteiger partial charge in [-0.3, -0.25) is 28.0 Å². The number of halogens is 2. The monoisotopic (exact) mass is 794 g/mol. The van der Waals surface area contributed by atoms with Crippen LogP contribution in [-0.4, -0.2) is 107 Å². The predicted molar refractivity (Wildman–Crippen MR) is 177 cm³/mol. The van der Waals surface area contributed by atoms with Gasteiger partial charge in [-0.25, -0.2) is 48.0 Å². The molecule has 4 N–H and O–H groups in total. The lowest BCUT2D eigenvalue weighted by molar-refractivity contribution is -0.0564. The van der Waals surface area contributed by atoms with Gasteiger partial charge in [-0.05, 0) is 18.2 Å². The number of imidazole rings is 2. The number of nitrogens with two attached hydrogens (primary N) is 1. The number of fused-ring (bicyclic) bond motifs is 4. The molecule has 0 radical (unpaired) electrons. The van der Waals surface area contributed by atoms with E-state index in [1.165, 1.54) is 21.8 Å². The van der Waals surface area contributed by atoms with E-state index in [0.29, 0.717) is 6.42 Å². The lowest BCUT2D eigenvalue weighted by atomic mass is 10.1. The third kappa shape index (κ3) is 7.32. The summed E-state index contributed by atoms with van der Waals surface area (Å²) in [6.07, 6.45) is -7.76. The molecule has 3 aliphatic rings. The lowest BCUT2D eigenvalue weighted by Gasteiger charge is -2.29. The van der Waals surface area contributed by atoms with Gasteiger partial charge in [0, 0.05) is 0 Å². The summed E-state index contributed by atoms with van der Waals surface area (Å²) >= 11 is 9.22. The number of carbonyl (C=O) groups excluding carboxylic acids is 1. The Kier molecular flexibility index (Phi) is 10.3. The minimum absolute atomic E-state index is 0.00842. The molecule has 276 valence electrons. The molecule has 3 saturated heterocycles. The fourth-order valence-electron chi connectivity index (χ4n) is 5.69. The van der Waals surface area contributed by atoms with Crippen molar-refractivity contribution in [3.05, 3.63) is 25.3 Å². The Balaban J connectivity index is 1.11. The van der Waals surface area contributed by atoms with Gasteiger partial charge in [-0.2, -0.15) is 0 Å². The first-order valence-electron chi connectivity index (χ1n) is 15.3. The zero-order chi connectivity index (χ0) is 36.1. The standard InChI is InChI=1S/C25H30F2N10O10P2S2/c1-2-3-4-41-25(38)35-20-16-22(32-8-30-20)37(10-34-16)24-14(27)18-12(45-24)6-43-48(39,50)46-17-11(5-42-49(40,51)47-18)44-23(13(17)26)36-9-33-15-19(28)29-7-31-21(15)36/h7-14,17-18,23-24H,2-6H2,1H3,(H,39,50)(H,40,51)(H2,28,29,31)(H,30,32,35,38)/t11-,12-,13-,14-,17-,18-,23-,24-,48?,49?/m1/s1. The molecule has 26 heteroatoms. The Labute approximate surface area is 296 Å². The van der Waals surface area contributed by atoms with Crippen LogP contribution in [0.15, 0.2) is 25.3 Å². The second-order valence-corrected chi connectivity index (χ2v) is 17.1. The summed E-state index contributed by atoms with van der Waals surface area (Å²) < 4.78 is 87.3. The normalized spacial score (nSPS) is 34.5. The van der Waals surface area contributed by atoms with E-state index in [9.17, 15) is 14.3 Å². The van der Waals surface area contributed by atoms with Gasteiger partial charge >= 0.3 is 19.6 Å². The summed E-state index contributed by atoms with van der Waals surface area (Å²) in [5, 5.41) is 2.48. The highest BCUT2D eigenvalue weighted by molar-refractivity contribution is 8.44. The number of hydrogen-bond acceptors (Lipinski definition) is 17. The summed E-state index contributed by atoms with van der Waals surface area (Å²) in [4.78, 5) is 47.7. The molecule has 10 atom stereocenters. The Hall–Kier alpha value is -3.02. The summed E-state index contributed by atoms with van der Waals surface area (Å²) in [6, 6.07) is 0. The number of nitrogens with zero attached hydrogens (tertiary/aromatic N) is 8. The van der Waals surface area contributed by atoms with Gasteiger partial charge in [0.1, 0.15) is 42.6 Å². The summed E-state index contributed by atoms with van der Waals surface area (Å²) in [5.74, 6) is 0.0359. The Morgan fingerprint density at radius 1 is 1.00 bits per heavy atom. The molecule has 7 heterocycles. The van der Waals surface area contributed by atoms with E-state index in [-0.39, 0.29) is 40.6 Å². The summed E-state index contributed by atoms with van der Waals surface area (Å²) in [7, 11) is 0. The van der Waals surface area contributed by atoms with Gasteiger partial charge in [0.05, 0.1) is 32.5 Å². The fraction of sp³-hybridized carbons (Fsp3) is 0.560. The van der Waals surface area contributed by atoms with Crippen LogP contribution in [0.25, 0.3) is 22.3 Å². The van der Waals surface area contributed by atoms with E-state index in [1.807, 2.05) is 6.92 Å². The van der Waals surface area contributed by atoms with Gasteiger partial charge in [0.15, 0.2) is 53.2 Å². The van der Waals surface area contributed by atoms with E-state index in [4.69, 9.17) is 49.8 Å². The number of rotatable bonds is 6. The van der Waals surface area contributed by atoms with Crippen molar-refractivity contribution in [1.29, 1.82) is 0 Å². The van der Waals surface area contributed by atoms with Crippen molar-refractivity contribution in [2.24, 2.45) is 0 Å². The van der Waals surface area contributed by atoms with Gasteiger partial charge in [-0.1, -0.05) is 25.6 Å². The molecule has 0 aromatic carbocycles. The largest absolute Gasteiger partial charge is 0.449 e. The van der Waals surface area contributed by atoms with Crippen LogP contribution in [0.2, 0.25) is 0 Å². The highest BCUT2D eigenvalue weighted by Gasteiger charge is 2.54. The molecule has 0 spiro atoms. The molecule has 2 unspecified atom stereocenters. The number of alkyl halides is 2. The van der Waals surface area contributed by atoms with Crippen molar-refractivity contribution in [3.63, 3.8) is 0 Å². The van der Waals surface area contributed by atoms with Crippen LogP contribution in [0.3, 0.4) is 0 Å². The molecule has 51 heavy (non-hydrogen) atoms. The molecule has 7 rings (SSSR count). The topological polar surface area (TPSA) is 244 Å². The first-order chi connectivity index (χ1) is 24.4. The maximum Gasteiger partial charge on any atom is 0.412 e. The van der Waals surface area contributed by atoms with Crippen molar-refractivity contribution in [1.82, 2.24) is 39.0 Å². The highest BCUT2D eigenvalue weighted by Crippen LogP contribution is 2.58. The van der Waals surface area contributed by atoms with Crippen molar-refractivity contribution >= 4 is 77.6 Å². The number of hydrogen-bond donors (Lipinski definition) is 4. The smallest absolute Gasteiger partial charge is 0.412 e. The summed E-state index contributed by atoms with van der Waals surface area (Å²) in [5.41, 5.74) is 6.31. The van der Waals surface area contributed by atoms with Crippen LogP contribution < -0.4 is 11.1 Å². The van der Waals surface area contributed by atoms with E-state index < -0.39 is 82.0 Å². The third-order valence-corrected chi connectivity index (χ3v) is 11.3. The minimum Gasteiger partial charge on any atom is -0.449 e. The van der Waals surface area contributed by atoms with E-state index >= 15 is 8.78 Å². The number of ether oxygens (including phenoxy) is 3. The zero-order valence-corrected chi connectivity index (χ0v) is 29.7. The number of amides is 1. The second kappa shape index (κ2) is 14.4. The Morgan fingerprint density at radius 3 is 2.25 bits per heavy atom. The molecule has 3 fully saturated rings. The number of unbranched alkanes of at least 4 members (excludes halogenated alkanes) is 1. The molecular formula is C25H30F2N10O10P2S2. The van der Waals surface area contributed by atoms with Crippen molar-refractivity contribution in [3.8, 4) is 0 Å². The number of aromatic nitrogens is 8. The van der Waals surface area contributed by atoms with Crippen molar-refractivity contribution in [2.75, 3.05) is 30.9 Å². The van der Waals surface area contributed by atoms with Crippen LogP contribution in [0.1, 0.15) is 32.2 Å². The minimum atomic E-state index is -4.45. The Bertz CT molecular complexity index is 2030. The van der Waals surface area contributed by atoms with Gasteiger partial charge in [-0.15, -0.1) is 0 Å². The second-order valence-electron chi connectivity index (χ2n) is 11.4. The van der Waals surface area contributed by atoms with Crippen molar-refractivity contribution < 1.29 is 55.3 Å². The number of nitrogen functional groups attached to an aromatic ring is 1. The first-order valence-corrected chi connectivity index (χ1v) is 20.6. The molecule has 0 bridgehead atoms. The predicted octanol–water partition coefficient (Wildman–Crippen LogP) is 3.14. The number of anilines is 2. The molecule has 0 saturated carbocycles. The molecule has 1 amide bonds. The molecular weight excluding hydrogens is 764 g/mol.